The average Bonchev–Trinajstić information content (AvgIpc) is 3.32. The number of hydrogen-bond acceptors (Lipinski definition) is 10. The summed E-state index contributed by atoms with van der Waals surface area (Å²) in [5.41, 5.74) is 6.32. The zero-order valence-electron chi connectivity index (χ0n) is 20.3. The number of halogens is 2. The number of carbonyl (C=O) groups excluding carboxylic acids is 1. The molecule has 10 nitrogen and oxygen atoms in total. The number of hydrogen-bond donors (Lipinski definition) is 5. The first-order valence-electron chi connectivity index (χ1n) is 10.6. The van der Waals surface area contributed by atoms with E-state index in [1.54, 1.807) is 12.1 Å². The number of nitrogens with two attached hydrogens (primary N) is 1. The third-order valence-electron chi connectivity index (χ3n) is 3.71. The zero-order chi connectivity index (χ0) is 26.4. The number of anilines is 2. The second-order valence-corrected chi connectivity index (χ2v) is 9.09. The van der Waals surface area contributed by atoms with Gasteiger partial charge in [-0.15, -0.1) is 11.8 Å². The van der Waals surface area contributed by atoms with E-state index < -0.39 is 0 Å². The van der Waals surface area contributed by atoms with Crippen LogP contribution < -0.4 is 16.4 Å². The molecule has 0 fully saturated rings. The van der Waals surface area contributed by atoms with Crippen molar-refractivity contribution >= 4 is 57.9 Å². The fourth-order valence-electron chi connectivity index (χ4n) is 2.46. The molecule has 0 aromatic carbocycles. The summed E-state index contributed by atoms with van der Waals surface area (Å²) in [6, 6.07) is 7.76. The number of aldehydes is 1. The highest BCUT2D eigenvalue weighted by molar-refractivity contribution is 8.13. The predicted molar refractivity (Wildman–Crippen MR) is 147 cm³/mol. The Balaban J connectivity index is 0.000000305. The number of nitrogens with one attached hydrogen (secondary N) is 4. The molecular weight excluding hydrogens is 509 g/mol. The Morgan fingerprint density at radius 2 is 1.63 bits per heavy atom. The first-order valence-corrected chi connectivity index (χ1v) is 12.6. The molecule has 0 aliphatic carbocycles. The maximum Gasteiger partial charge on any atom is 0.155 e. The molecule has 3 rings (SSSR count). The van der Waals surface area contributed by atoms with Gasteiger partial charge in [0.2, 0.25) is 0 Å². The third-order valence-corrected chi connectivity index (χ3v) is 4.74. The number of pyridine rings is 2. The van der Waals surface area contributed by atoms with Gasteiger partial charge >= 0.3 is 0 Å². The van der Waals surface area contributed by atoms with Crippen molar-refractivity contribution in [3.63, 3.8) is 0 Å². The molecule has 0 saturated carbocycles. The Bertz CT molecular complexity index is 1060. The van der Waals surface area contributed by atoms with Crippen LogP contribution in [0, 0.1) is 5.41 Å². The molecule has 0 unspecified atom stereocenters. The summed E-state index contributed by atoms with van der Waals surface area (Å²) >= 11 is 13.2. The van der Waals surface area contributed by atoms with Gasteiger partial charge in [0.05, 0.1) is 5.04 Å². The molecule has 0 aliphatic heterocycles. The monoisotopic (exact) mass is 539 g/mol. The highest BCUT2D eigenvalue weighted by atomic mass is 35.5. The van der Waals surface area contributed by atoms with E-state index >= 15 is 0 Å². The lowest BCUT2D eigenvalue weighted by Gasteiger charge is -2.10. The van der Waals surface area contributed by atoms with Gasteiger partial charge in [-0.2, -0.15) is 5.10 Å². The second-order valence-electron chi connectivity index (χ2n) is 7.50. The van der Waals surface area contributed by atoms with Gasteiger partial charge in [-0.3, -0.25) is 10.5 Å². The van der Waals surface area contributed by atoms with Crippen LogP contribution >= 0.6 is 35.0 Å². The summed E-state index contributed by atoms with van der Waals surface area (Å²) in [4.78, 5) is 21.4. The molecule has 190 valence electrons. The highest BCUT2D eigenvalue weighted by Gasteiger charge is 2.07. The first-order chi connectivity index (χ1) is 16.6. The quantitative estimate of drug-likeness (QED) is 0.124. The number of H-pyrrole nitrogens is 1. The minimum atomic E-state index is 0.139. The Kier molecular flexibility index (Phi) is 13.9. The van der Waals surface area contributed by atoms with Gasteiger partial charge < -0.3 is 21.2 Å². The van der Waals surface area contributed by atoms with Gasteiger partial charge in [0.25, 0.3) is 0 Å². The largest absolute Gasteiger partial charge is 0.368 e. The summed E-state index contributed by atoms with van der Waals surface area (Å²) in [5.74, 6) is 2.12. The van der Waals surface area contributed by atoms with Crippen molar-refractivity contribution in [2.24, 2.45) is 5.73 Å². The van der Waals surface area contributed by atoms with Gasteiger partial charge in [0.15, 0.2) is 5.82 Å². The van der Waals surface area contributed by atoms with E-state index in [2.05, 4.69) is 41.5 Å². The maximum absolute atomic E-state index is 9.05. The van der Waals surface area contributed by atoms with Crippen LogP contribution in [0.5, 0.6) is 0 Å². The topological polar surface area (TPSA) is 158 Å². The van der Waals surface area contributed by atoms with Crippen LogP contribution in [0.3, 0.4) is 0 Å². The lowest BCUT2D eigenvalue weighted by Crippen LogP contribution is -2.11. The van der Waals surface area contributed by atoms with Gasteiger partial charge in [-0.25, -0.2) is 15.0 Å². The predicted octanol–water partition coefficient (Wildman–Crippen LogP) is 4.73. The van der Waals surface area contributed by atoms with Crippen LogP contribution in [0.1, 0.15) is 33.3 Å². The highest BCUT2D eigenvalue weighted by Crippen LogP contribution is 2.22. The van der Waals surface area contributed by atoms with Crippen LogP contribution in [0.2, 0.25) is 10.3 Å². The SMILES string of the molecule is CC(C)Nc1cc(-c2ncn[nH]2)cc(Cl)n1.CSC(=N)c1cc(Cl)nc(NC(C)C)c1.NCC=O. The molecule has 0 spiro atoms. The van der Waals surface area contributed by atoms with Crippen LogP contribution in [0.25, 0.3) is 11.4 Å². The van der Waals surface area contributed by atoms with Crippen LogP contribution in [0.15, 0.2) is 30.6 Å². The van der Waals surface area contributed by atoms with E-state index in [0.29, 0.717) is 45.4 Å². The molecule has 6 N–H and O–H groups in total. The molecular formula is C22H31Cl2N9OS. The molecule has 0 bridgehead atoms. The van der Waals surface area contributed by atoms with E-state index in [1.165, 1.54) is 18.1 Å². The summed E-state index contributed by atoms with van der Waals surface area (Å²) in [5, 5.41) is 22.0. The fraction of sp³-hybridized carbons (Fsp3) is 0.364. The summed E-state index contributed by atoms with van der Waals surface area (Å²) in [6.07, 6.45) is 3.98. The van der Waals surface area contributed by atoms with Gasteiger partial charge in [-0.05, 0) is 58.2 Å². The Hall–Kier alpha value is -2.73. The average molecular weight is 541 g/mol. The van der Waals surface area contributed by atoms with Crippen molar-refractivity contribution in [1.29, 1.82) is 5.41 Å². The van der Waals surface area contributed by atoms with Crippen molar-refractivity contribution in [2.45, 2.75) is 39.8 Å². The normalized spacial score (nSPS) is 10.1. The maximum atomic E-state index is 9.05. The summed E-state index contributed by atoms with van der Waals surface area (Å²) < 4.78 is 0. The molecule has 0 saturated heterocycles. The number of aromatic nitrogens is 5. The van der Waals surface area contributed by atoms with Crippen LogP contribution in [0.4, 0.5) is 11.6 Å². The van der Waals surface area contributed by atoms with E-state index in [1.807, 2.05) is 46.1 Å². The van der Waals surface area contributed by atoms with Crippen molar-refractivity contribution < 1.29 is 4.79 Å². The molecule has 13 heteroatoms. The van der Waals surface area contributed by atoms with Crippen molar-refractivity contribution in [3.05, 3.63) is 46.5 Å². The van der Waals surface area contributed by atoms with Gasteiger partial charge in [-0.1, -0.05) is 23.2 Å². The molecule has 0 amide bonds. The van der Waals surface area contributed by atoms with E-state index in [-0.39, 0.29) is 6.54 Å². The Morgan fingerprint density at radius 1 is 1.09 bits per heavy atom. The van der Waals surface area contributed by atoms with E-state index in [4.69, 9.17) is 33.4 Å². The second kappa shape index (κ2) is 16.0. The molecule has 3 aromatic heterocycles. The molecule has 0 atom stereocenters. The van der Waals surface area contributed by atoms with E-state index in [0.717, 1.165) is 16.9 Å². The Labute approximate surface area is 219 Å². The molecule has 3 aromatic rings. The van der Waals surface area contributed by atoms with Crippen LogP contribution in [-0.2, 0) is 4.79 Å². The number of rotatable bonds is 7. The molecule has 0 aliphatic rings. The smallest absolute Gasteiger partial charge is 0.155 e. The summed E-state index contributed by atoms with van der Waals surface area (Å²) in [7, 11) is 0. The lowest BCUT2D eigenvalue weighted by atomic mass is 10.2. The molecule has 3 heterocycles. The molecule has 35 heavy (non-hydrogen) atoms. The van der Waals surface area contributed by atoms with Crippen molar-refractivity contribution in [1.82, 2.24) is 25.1 Å². The van der Waals surface area contributed by atoms with Gasteiger partial charge in [0, 0.05) is 29.8 Å². The third kappa shape index (κ3) is 12.0. The zero-order valence-corrected chi connectivity index (χ0v) is 22.6. The minimum Gasteiger partial charge on any atom is -0.368 e. The number of thioether (sulfide) groups is 1. The van der Waals surface area contributed by atoms with E-state index in [9.17, 15) is 0 Å². The number of nitrogens with zero attached hydrogens (tertiary/aromatic N) is 4. The standard InChI is InChI=1S/C10H12ClN5.C10H14ClN3S.C2H5NO/c1-6(2)14-9-4-7(3-8(11)15-9)10-12-5-13-16-10;1-6(2)13-9-5-7(10(12)15-3)4-8(11)14-9;3-1-2-4/h3-6H,1-2H3,(H,14,15)(H,12,13,16);4-6,12H,1-3H3,(H,13,14);2H,1,3H2. The Morgan fingerprint density at radius 3 is 2.09 bits per heavy atom. The molecule has 0 radical (unpaired) electrons. The van der Waals surface area contributed by atoms with Crippen molar-refractivity contribution in [3.8, 4) is 11.4 Å². The van der Waals surface area contributed by atoms with Crippen LogP contribution in [-0.4, -0.2) is 61.4 Å². The minimum absolute atomic E-state index is 0.139. The number of aromatic amines is 1. The fourth-order valence-corrected chi connectivity index (χ4v) is 3.23. The van der Waals surface area contributed by atoms with Crippen molar-refractivity contribution in [2.75, 3.05) is 23.4 Å². The summed E-state index contributed by atoms with van der Waals surface area (Å²) in [6.45, 7) is 8.28. The lowest BCUT2D eigenvalue weighted by molar-refractivity contribution is -0.106. The number of carbonyl (C=O) groups is 1. The first kappa shape index (κ1) is 30.3. The van der Waals surface area contributed by atoms with Gasteiger partial charge in [0.1, 0.15) is 34.6 Å².